The molecule has 2 aromatic heterocycles. The van der Waals surface area contributed by atoms with Crippen LogP contribution in [0.15, 0.2) is 14.9 Å². The first-order valence-corrected chi connectivity index (χ1v) is 9.82. The topological polar surface area (TPSA) is 75.3 Å². The van der Waals surface area contributed by atoms with Crippen molar-refractivity contribution in [3.05, 3.63) is 33.1 Å². The van der Waals surface area contributed by atoms with Gasteiger partial charge in [-0.3, -0.25) is 4.99 Å². The van der Waals surface area contributed by atoms with Crippen molar-refractivity contribution in [1.82, 2.24) is 20.8 Å². The van der Waals surface area contributed by atoms with Crippen molar-refractivity contribution in [2.75, 3.05) is 13.6 Å². The molecule has 25 heavy (non-hydrogen) atoms. The monoisotopic (exact) mass is 363 g/mol. The fourth-order valence-electron chi connectivity index (χ4n) is 2.54. The number of rotatable bonds is 8. The molecule has 0 saturated carbocycles. The van der Waals surface area contributed by atoms with Gasteiger partial charge in [0.05, 0.1) is 16.4 Å². The zero-order chi connectivity index (χ0) is 18.2. The van der Waals surface area contributed by atoms with E-state index < -0.39 is 0 Å². The predicted molar refractivity (Wildman–Crippen MR) is 103 cm³/mol. The number of thiazole rings is 1. The van der Waals surface area contributed by atoms with E-state index in [4.69, 9.17) is 4.52 Å². The van der Waals surface area contributed by atoms with Crippen LogP contribution in [-0.4, -0.2) is 29.7 Å². The molecule has 0 aliphatic heterocycles. The lowest BCUT2D eigenvalue weighted by molar-refractivity contribution is 0.380. The highest BCUT2D eigenvalue weighted by atomic mass is 32.1. The second kappa shape index (κ2) is 9.56. The quantitative estimate of drug-likeness (QED) is 0.556. The molecule has 0 spiro atoms. The first-order chi connectivity index (χ1) is 12.1. The summed E-state index contributed by atoms with van der Waals surface area (Å²) in [5, 5.41) is 14.2. The lowest BCUT2D eigenvalue weighted by Crippen LogP contribution is -2.38. The zero-order valence-electron chi connectivity index (χ0n) is 15.8. The number of aryl methyl sites for hydroxylation is 2. The van der Waals surface area contributed by atoms with Crippen molar-refractivity contribution < 1.29 is 4.52 Å². The zero-order valence-corrected chi connectivity index (χ0v) is 16.7. The Morgan fingerprint density at radius 3 is 2.68 bits per heavy atom. The van der Waals surface area contributed by atoms with Crippen LogP contribution in [0.3, 0.4) is 0 Å². The summed E-state index contributed by atoms with van der Waals surface area (Å²) in [5.74, 6) is 2.22. The maximum Gasteiger partial charge on any atom is 0.191 e. The highest BCUT2D eigenvalue weighted by molar-refractivity contribution is 7.09. The van der Waals surface area contributed by atoms with Crippen LogP contribution in [0.25, 0.3) is 0 Å². The Hall–Kier alpha value is -1.89. The molecule has 2 heterocycles. The van der Waals surface area contributed by atoms with Crippen LogP contribution in [0.4, 0.5) is 0 Å². The van der Waals surface area contributed by atoms with Crippen molar-refractivity contribution >= 4 is 17.3 Å². The number of aromatic nitrogens is 2. The molecule has 0 fully saturated rings. The Labute approximate surface area is 154 Å². The minimum atomic E-state index is 0.491. The van der Waals surface area contributed by atoms with Gasteiger partial charge in [-0.05, 0) is 6.42 Å². The third-order valence-corrected chi connectivity index (χ3v) is 5.19. The summed E-state index contributed by atoms with van der Waals surface area (Å²) in [5.41, 5.74) is 3.30. The second-order valence-corrected chi connectivity index (χ2v) is 7.06. The number of hydrogen-bond donors (Lipinski definition) is 2. The largest absolute Gasteiger partial charge is 0.361 e. The van der Waals surface area contributed by atoms with E-state index in [0.29, 0.717) is 12.5 Å². The van der Waals surface area contributed by atoms with Gasteiger partial charge in [0.25, 0.3) is 0 Å². The highest BCUT2D eigenvalue weighted by Crippen LogP contribution is 2.19. The molecule has 0 aliphatic rings. The van der Waals surface area contributed by atoms with E-state index >= 15 is 0 Å². The molecular weight excluding hydrogens is 334 g/mol. The summed E-state index contributed by atoms with van der Waals surface area (Å²) in [6, 6.07) is 0. The standard InChI is InChI=1S/C18H29N5OS/c1-6-15-14(16(7-2)24-23-15)10-21-18(19-5)20-9-8-13-11-25-17(22-13)12(3)4/h11-12H,6-10H2,1-5H3,(H2,19,20,21). The molecule has 0 aromatic carbocycles. The van der Waals surface area contributed by atoms with Gasteiger partial charge in [0, 0.05) is 49.8 Å². The van der Waals surface area contributed by atoms with Gasteiger partial charge < -0.3 is 15.2 Å². The van der Waals surface area contributed by atoms with Crippen molar-refractivity contribution in [3.63, 3.8) is 0 Å². The summed E-state index contributed by atoms with van der Waals surface area (Å²) in [6.07, 6.45) is 2.60. The molecule has 2 aromatic rings. The molecule has 7 heteroatoms. The number of nitrogens with one attached hydrogen (secondary N) is 2. The Bertz CT molecular complexity index is 668. The summed E-state index contributed by atoms with van der Waals surface area (Å²) in [7, 11) is 1.78. The minimum Gasteiger partial charge on any atom is -0.361 e. The summed E-state index contributed by atoms with van der Waals surface area (Å²) < 4.78 is 5.40. The fourth-order valence-corrected chi connectivity index (χ4v) is 3.41. The highest BCUT2D eigenvalue weighted by Gasteiger charge is 2.13. The van der Waals surface area contributed by atoms with Gasteiger partial charge in [0.2, 0.25) is 0 Å². The van der Waals surface area contributed by atoms with Crippen molar-refractivity contribution in [2.24, 2.45) is 4.99 Å². The molecular formula is C18H29N5OS. The molecule has 0 radical (unpaired) electrons. The van der Waals surface area contributed by atoms with E-state index in [1.807, 2.05) is 0 Å². The Balaban J connectivity index is 1.83. The van der Waals surface area contributed by atoms with Crippen LogP contribution in [0, 0.1) is 0 Å². The molecule has 0 amide bonds. The summed E-state index contributed by atoms with van der Waals surface area (Å²) in [6.45, 7) is 9.98. The van der Waals surface area contributed by atoms with E-state index in [-0.39, 0.29) is 0 Å². The van der Waals surface area contributed by atoms with Crippen molar-refractivity contribution in [1.29, 1.82) is 0 Å². The van der Waals surface area contributed by atoms with Crippen molar-refractivity contribution in [3.8, 4) is 0 Å². The van der Waals surface area contributed by atoms with Crippen LogP contribution < -0.4 is 10.6 Å². The average molecular weight is 364 g/mol. The van der Waals surface area contributed by atoms with E-state index in [2.05, 4.69) is 58.8 Å². The molecule has 0 bridgehead atoms. The lowest BCUT2D eigenvalue weighted by Gasteiger charge is -2.11. The van der Waals surface area contributed by atoms with Gasteiger partial charge in [0.1, 0.15) is 5.76 Å². The third kappa shape index (κ3) is 5.29. The molecule has 0 atom stereocenters. The minimum absolute atomic E-state index is 0.491. The number of guanidine groups is 1. The van der Waals surface area contributed by atoms with Crippen LogP contribution in [-0.2, 0) is 25.8 Å². The molecule has 0 aliphatic carbocycles. The van der Waals surface area contributed by atoms with Gasteiger partial charge in [-0.2, -0.15) is 0 Å². The van der Waals surface area contributed by atoms with Crippen LogP contribution in [0.2, 0.25) is 0 Å². The Morgan fingerprint density at radius 1 is 1.28 bits per heavy atom. The van der Waals surface area contributed by atoms with Crippen LogP contribution >= 0.6 is 11.3 Å². The first-order valence-electron chi connectivity index (χ1n) is 8.94. The molecule has 2 N–H and O–H groups in total. The van der Waals surface area contributed by atoms with Gasteiger partial charge in [0.15, 0.2) is 5.96 Å². The van der Waals surface area contributed by atoms with Crippen LogP contribution in [0.5, 0.6) is 0 Å². The number of hydrogen-bond acceptors (Lipinski definition) is 5. The van der Waals surface area contributed by atoms with E-state index in [1.165, 1.54) is 5.01 Å². The third-order valence-electron chi connectivity index (χ3n) is 4.00. The lowest BCUT2D eigenvalue weighted by atomic mass is 10.1. The van der Waals surface area contributed by atoms with Gasteiger partial charge >= 0.3 is 0 Å². The van der Waals surface area contributed by atoms with Gasteiger partial charge in [-0.25, -0.2) is 4.98 Å². The van der Waals surface area contributed by atoms with E-state index in [9.17, 15) is 0 Å². The summed E-state index contributed by atoms with van der Waals surface area (Å²) >= 11 is 1.74. The summed E-state index contributed by atoms with van der Waals surface area (Å²) in [4.78, 5) is 8.95. The Kier molecular flexibility index (Phi) is 7.43. The molecule has 0 unspecified atom stereocenters. The van der Waals surface area contributed by atoms with Crippen LogP contribution in [0.1, 0.15) is 61.3 Å². The Morgan fingerprint density at radius 2 is 2.08 bits per heavy atom. The normalized spacial score (nSPS) is 12.0. The molecule has 2 rings (SSSR count). The maximum atomic E-state index is 5.40. The fraction of sp³-hybridized carbons (Fsp3) is 0.611. The van der Waals surface area contributed by atoms with Gasteiger partial charge in [-0.15, -0.1) is 11.3 Å². The first kappa shape index (κ1) is 19.4. The van der Waals surface area contributed by atoms with Gasteiger partial charge in [-0.1, -0.05) is 32.9 Å². The number of aliphatic imine (C=N–C) groups is 1. The number of nitrogens with zero attached hydrogens (tertiary/aromatic N) is 3. The smallest absolute Gasteiger partial charge is 0.191 e. The van der Waals surface area contributed by atoms with E-state index in [1.54, 1.807) is 18.4 Å². The molecule has 0 saturated heterocycles. The molecule has 6 nitrogen and oxygen atoms in total. The maximum absolute atomic E-state index is 5.40. The SMILES string of the molecule is CCc1noc(CC)c1CNC(=NC)NCCc1csc(C(C)C)n1. The molecule has 138 valence electrons. The van der Waals surface area contributed by atoms with E-state index in [0.717, 1.165) is 54.5 Å². The van der Waals surface area contributed by atoms with Crippen molar-refractivity contribution in [2.45, 2.75) is 59.4 Å². The second-order valence-electron chi connectivity index (χ2n) is 6.17. The average Bonchev–Trinajstić information content (AvgIpc) is 3.24. The predicted octanol–water partition coefficient (Wildman–Crippen LogP) is 3.29.